The summed E-state index contributed by atoms with van der Waals surface area (Å²) in [5.41, 5.74) is 7.69. The second kappa shape index (κ2) is 7.01. The molecule has 0 aliphatic heterocycles. The molecule has 4 aromatic carbocycles. The minimum Gasteiger partial charge on any atom is -0.309 e. The summed E-state index contributed by atoms with van der Waals surface area (Å²) in [5.74, 6) is 0. The van der Waals surface area contributed by atoms with Crippen LogP contribution in [0.15, 0.2) is 91.0 Å². The fourth-order valence-corrected chi connectivity index (χ4v) is 4.15. The predicted octanol–water partition coefficient (Wildman–Crippen LogP) is 7.58. The van der Waals surface area contributed by atoms with Crippen molar-refractivity contribution in [3.8, 4) is 0 Å². The molecule has 0 aromatic heterocycles. The topological polar surface area (TPSA) is 3.24 Å². The maximum absolute atomic E-state index is 2.41. The molecule has 0 heterocycles. The zero-order valence-electron chi connectivity index (χ0n) is 16.1. The van der Waals surface area contributed by atoms with Crippen molar-refractivity contribution in [1.29, 1.82) is 0 Å². The second-order valence-corrected chi connectivity index (χ2v) is 7.46. The number of hydrogen-bond acceptors (Lipinski definition) is 1. The fourth-order valence-electron chi connectivity index (χ4n) is 4.15. The summed E-state index contributed by atoms with van der Waals surface area (Å²) in [6, 6.07) is 30.8. The highest BCUT2D eigenvalue weighted by Gasteiger charge is 2.19. The lowest BCUT2D eigenvalue weighted by Gasteiger charge is -2.30. The molecule has 1 aliphatic rings. The zero-order chi connectivity index (χ0) is 18.9. The summed E-state index contributed by atoms with van der Waals surface area (Å²) in [6.45, 7) is 2.14. The Labute approximate surface area is 166 Å². The van der Waals surface area contributed by atoms with Gasteiger partial charge in [0.25, 0.3) is 0 Å². The van der Waals surface area contributed by atoms with Crippen LogP contribution in [0.1, 0.15) is 23.1 Å². The van der Waals surface area contributed by atoms with E-state index in [0.717, 1.165) is 12.8 Å². The van der Waals surface area contributed by atoms with Crippen LogP contribution < -0.4 is 4.90 Å². The van der Waals surface area contributed by atoms with Crippen molar-refractivity contribution in [2.75, 3.05) is 4.90 Å². The van der Waals surface area contributed by atoms with Gasteiger partial charge in [-0.05, 0) is 55.0 Å². The number of aryl methyl sites for hydroxylation is 2. The molecule has 0 saturated heterocycles. The lowest BCUT2D eigenvalue weighted by atomic mass is 9.94. The second-order valence-electron chi connectivity index (χ2n) is 7.46. The summed E-state index contributed by atoms with van der Waals surface area (Å²) in [5, 5.41) is 2.53. The first-order valence-electron chi connectivity index (χ1n) is 9.94. The highest BCUT2D eigenvalue weighted by molar-refractivity contribution is 6.00. The van der Waals surface area contributed by atoms with Crippen molar-refractivity contribution in [1.82, 2.24) is 0 Å². The highest BCUT2D eigenvalue weighted by Crippen LogP contribution is 2.42. The van der Waals surface area contributed by atoms with Gasteiger partial charge in [0, 0.05) is 16.6 Å². The fraction of sp³-hybridized carbons (Fsp3) is 0.111. The third kappa shape index (κ3) is 2.90. The van der Waals surface area contributed by atoms with Gasteiger partial charge < -0.3 is 4.90 Å². The summed E-state index contributed by atoms with van der Waals surface area (Å²) in [6.07, 6.45) is 6.81. The van der Waals surface area contributed by atoms with E-state index in [1.54, 1.807) is 0 Å². The molecule has 0 N–H and O–H groups in total. The van der Waals surface area contributed by atoms with Gasteiger partial charge in [0.15, 0.2) is 0 Å². The van der Waals surface area contributed by atoms with Crippen LogP contribution in [0.4, 0.5) is 17.1 Å². The number of allylic oxidation sites excluding steroid dienone is 1. The minimum atomic E-state index is 1.11. The Balaban J connectivity index is 1.80. The maximum atomic E-state index is 2.41. The van der Waals surface area contributed by atoms with Gasteiger partial charge in [0.2, 0.25) is 0 Å². The zero-order valence-corrected chi connectivity index (χ0v) is 16.1. The molecule has 1 nitrogen and oxygen atoms in total. The normalized spacial score (nSPS) is 12.8. The number of anilines is 3. The molecule has 28 heavy (non-hydrogen) atoms. The van der Waals surface area contributed by atoms with E-state index < -0.39 is 0 Å². The van der Waals surface area contributed by atoms with Gasteiger partial charge in [0.05, 0.1) is 11.4 Å². The SMILES string of the molecule is Cc1ccc(N(c2cccc3c2C=CCC3)c2cccc3ccccc23)cc1. The third-order valence-electron chi connectivity index (χ3n) is 5.58. The Hall–Kier alpha value is -3.32. The van der Waals surface area contributed by atoms with Gasteiger partial charge in [-0.15, -0.1) is 0 Å². The van der Waals surface area contributed by atoms with E-state index in [-0.39, 0.29) is 0 Å². The molecule has 0 radical (unpaired) electrons. The largest absolute Gasteiger partial charge is 0.309 e. The molecule has 1 heteroatoms. The van der Waals surface area contributed by atoms with E-state index in [1.807, 2.05) is 0 Å². The van der Waals surface area contributed by atoms with Crippen molar-refractivity contribution < 1.29 is 0 Å². The average molecular weight is 361 g/mol. The Morgan fingerprint density at radius 1 is 0.714 bits per heavy atom. The lowest BCUT2D eigenvalue weighted by molar-refractivity contribution is 0.984. The summed E-state index contributed by atoms with van der Waals surface area (Å²) < 4.78 is 0. The van der Waals surface area contributed by atoms with Crippen LogP contribution in [-0.4, -0.2) is 0 Å². The van der Waals surface area contributed by atoms with Gasteiger partial charge >= 0.3 is 0 Å². The summed E-state index contributed by atoms with van der Waals surface area (Å²) in [7, 11) is 0. The quantitative estimate of drug-likeness (QED) is 0.363. The molecule has 0 unspecified atom stereocenters. The van der Waals surface area contributed by atoms with Crippen molar-refractivity contribution >= 4 is 33.9 Å². The Morgan fingerprint density at radius 3 is 2.36 bits per heavy atom. The Morgan fingerprint density at radius 2 is 1.46 bits per heavy atom. The van der Waals surface area contributed by atoms with E-state index in [1.165, 1.54) is 44.5 Å². The standard InChI is InChI=1S/C27H23N/c1-20-16-18-23(19-17-20)28(26-14-6-10-21-8-2-4-12-24(21)26)27-15-7-11-22-9-3-5-13-25(22)27/h2,4-8,10-19H,3,9H2,1H3. The van der Waals surface area contributed by atoms with Crippen LogP contribution in [0.3, 0.4) is 0 Å². The van der Waals surface area contributed by atoms with Crippen LogP contribution in [0, 0.1) is 6.92 Å². The number of nitrogens with zero attached hydrogens (tertiary/aromatic N) is 1. The van der Waals surface area contributed by atoms with Crippen LogP contribution in [0.5, 0.6) is 0 Å². The van der Waals surface area contributed by atoms with Crippen molar-refractivity contribution in [3.05, 3.63) is 108 Å². The molecule has 0 saturated carbocycles. The first-order chi connectivity index (χ1) is 13.8. The number of benzene rings is 4. The lowest BCUT2D eigenvalue weighted by Crippen LogP contribution is -2.13. The molecule has 0 spiro atoms. The summed E-state index contributed by atoms with van der Waals surface area (Å²) >= 11 is 0. The summed E-state index contributed by atoms with van der Waals surface area (Å²) in [4.78, 5) is 2.41. The molecule has 0 bridgehead atoms. The van der Waals surface area contributed by atoms with Crippen molar-refractivity contribution in [3.63, 3.8) is 0 Å². The van der Waals surface area contributed by atoms with Crippen LogP contribution in [-0.2, 0) is 6.42 Å². The Kier molecular flexibility index (Phi) is 4.21. The molecular formula is C27H23N. The maximum Gasteiger partial charge on any atom is 0.0540 e. The first-order valence-corrected chi connectivity index (χ1v) is 9.94. The third-order valence-corrected chi connectivity index (χ3v) is 5.58. The van der Waals surface area contributed by atoms with E-state index >= 15 is 0 Å². The van der Waals surface area contributed by atoms with Crippen LogP contribution in [0.25, 0.3) is 16.8 Å². The first kappa shape index (κ1) is 16.8. The van der Waals surface area contributed by atoms with E-state index in [9.17, 15) is 0 Å². The molecule has 4 aromatic rings. The molecule has 136 valence electrons. The molecule has 0 fully saturated rings. The minimum absolute atomic E-state index is 1.11. The van der Waals surface area contributed by atoms with Crippen LogP contribution in [0.2, 0.25) is 0 Å². The van der Waals surface area contributed by atoms with E-state index in [4.69, 9.17) is 0 Å². The predicted molar refractivity (Wildman–Crippen MR) is 121 cm³/mol. The van der Waals surface area contributed by atoms with Gasteiger partial charge in [0.1, 0.15) is 0 Å². The van der Waals surface area contributed by atoms with E-state index in [2.05, 4.69) is 109 Å². The molecule has 1 aliphatic carbocycles. The number of rotatable bonds is 3. The average Bonchev–Trinajstić information content (AvgIpc) is 2.75. The smallest absolute Gasteiger partial charge is 0.0540 e. The molecule has 0 amide bonds. The monoisotopic (exact) mass is 361 g/mol. The van der Waals surface area contributed by atoms with Crippen LogP contribution >= 0.6 is 0 Å². The highest BCUT2D eigenvalue weighted by atomic mass is 15.1. The molecule has 0 atom stereocenters. The van der Waals surface area contributed by atoms with E-state index in [0.29, 0.717) is 0 Å². The van der Waals surface area contributed by atoms with Crippen molar-refractivity contribution in [2.45, 2.75) is 19.8 Å². The number of hydrogen-bond donors (Lipinski definition) is 0. The number of fused-ring (bicyclic) bond motifs is 2. The van der Waals surface area contributed by atoms with Crippen molar-refractivity contribution in [2.24, 2.45) is 0 Å². The van der Waals surface area contributed by atoms with Gasteiger partial charge in [-0.3, -0.25) is 0 Å². The molecular weight excluding hydrogens is 338 g/mol. The molecule has 5 rings (SSSR count). The van der Waals surface area contributed by atoms with Gasteiger partial charge in [-0.25, -0.2) is 0 Å². The van der Waals surface area contributed by atoms with Gasteiger partial charge in [-0.1, -0.05) is 78.4 Å². The Bertz CT molecular complexity index is 1160. The van der Waals surface area contributed by atoms with Gasteiger partial charge in [-0.2, -0.15) is 0 Å².